The number of ether oxygens (including phenoxy) is 1. The molecule has 78 valence electrons. The molecule has 1 aromatic heterocycles. The number of aromatic nitrogens is 3. The number of hydrogen-bond acceptors (Lipinski definition) is 3. The van der Waals surface area contributed by atoms with Crippen LogP contribution in [0.5, 0.6) is 5.75 Å². The molecule has 0 aliphatic rings. The van der Waals surface area contributed by atoms with Crippen molar-refractivity contribution in [2.24, 2.45) is 7.05 Å². The first-order valence-electron chi connectivity index (χ1n) is 4.40. The third kappa shape index (κ3) is 1.68. The van der Waals surface area contributed by atoms with Crippen molar-refractivity contribution in [3.63, 3.8) is 0 Å². The lowest BCUT2D eigenvalue weighted by molar-refractivity contribution is 0.386. The Morgan fingerprint density at radius 1 is 1.40 bits per heavy atom. The van der Waals surface area contributed by atoms with Gasteiger partial charge in [-0.15, -0.1) is 10.2 Å². The fourth-order valence-corrected chi connectivity index (χ4v) is 1.35. The highest BCUT2D eigenvalue weighted by atomic mass is 19.1. The number of rotatable bonds is 2. The maximum Gasteiger partial charge on any atom is 0.165 e. The molecule has 0 radical (unpaired) electrons. The maximum atomic E-state index is 13.4. The minimum absolute atomic E-state index is 0.223. The summed E-state index contributed by atoms with van der Waals surface area (Å²) >= 11 is 0. The Bertz CT molecular complexity index is 481. The van der Waals surface area contributed by atoms with Gasteiger partial charge < -0.3 is 9.30 Å². The smallest absolute Gasteiger partial charge is 0.165 e. The average Bonchev–Trinajstić information content (AvgIpc) is 2.64. The standard InChI is InChI=1S/C10H10FN3O/c1-14-6-12-13-10(14)7-3-4-9(15-2)8(11)5-7/h3-6H,1-2H3. The lowest BCUT2D eigenvalue weighted by Crippen LogP contribution is -1.93. The van der Waals surface area contributed by atoms with Gasteiger partial charge >= 0.3 is 0 Å². The zero-order valence-corrected chi connectivity index (χ0v) is 8.44. The summed E-state index contributed by atoms with van der Waals surface area (Å²) in [7, 11) is 3.23. The number of methoxy groups -OCH3 is 1. The Morgan fingerprint density at radius 2 is 2.20 bits per heavy atom. The molecule has 0 saturated heterocycles. The Kier molecular flexibility index (Phi) is 2.37. The van der Waals surface area contributed by atoms with Crippen molar-refractivity contribution in [3.8, 4) is 17.1 Å². The number of aryl methyl sites for hydroxylation is 1. The molecule has 0 aliphatic carbocycles. The van der Waals surface area contributed by atoms with Crippen molar-refractivity contribution in [2.45, 2.75) is 0 Å². The summed E-state index contributed by atoms with van der Waals surface area (Å²) in [4.78, 5) is 0. The van der Waals surface area contributed by atoms with Gasteiger partial charge in [0.05, 0.1) is 7.11 Å². The van der Waals surface area contributed by atoms with E-state index in [1.165, 1.54) is 13.2 Å². The summed E-state index contributed by atoms with van der Waals surface area (Å²) in [6.45, 7) is 0. The molecule has 0 atom stereocenters. The van der Waals surface area contributed by atoms with E-state index >= 15 is 0 Å². The highest BCUT2D eigenvalue weighted by Crippen LogP contribution is 2.23. The largest absolute Gasteiger partial charge is 0.494 e. The van der Waals surface area contributed by atoms with Gasteiger partial charge in [-0.05, 0) is 18.2 Å². The summed E-state index contributed by atoms with van der Waals surface area (Å²) in [5.41, 5.74) is 0.674. The number of nitrogens with zero attached hydrogens (tertiary/aromatic N) is 3. The first kappa shape index (κ1) is 9.64. The highest BCUT2D eigenvalue weighted by molar-refractivity contribution is 5.56. The molecule has 15 heavy (non-hydrogen) atoms. The van der Waals surface area contributed by atoms with E-state index in [0.717, 1.165) is 0 Å². The summed E-state index contributed by atoms with van der Waals surface area (Å²) in [6, 6.07) is 4.69. The second-order valence-electron chi connectivity index (χ2n) is 3.11. The molecule has 0 saturated carbocycles. The predicted molar refractivity (Wildman–Crippen MR) is 52.9 cm³/mol. The molecule has 5 heteroatoms. The lowest BCUT2D eigenvalue weighted by atomic mass is 10.2. The topological polar surface area (TPSA) is 39.9 Å². The summed E-state index contributed by atoms with van der Waals surface area (Å²) in [5, 5.41) is 7.62. The molecule has 1 aromatic carbocycles. The maximum absolute atomic E-state index is 13.4. The molecule has 0 fully saturated rings. The number of benzene rings is 1. The molecule has 0 bridgehead atoms. The summed E-state index contributed by atoms with van der Waals surface area (Å²) in [5.74, 6) is 0.440. The van der Waals surface area contributed by atoms with Crippen LogP contribution in [0.3, 0.4) is 0 Å². The fraction of sp³-hybridized carbons (Fsp3) is 0.200. The van der Waals surface area contributed by atoms with E-state index in [0.29, 0.717) is 11.4 Å². The molecule has 0 aliphatic heterocycles. The van der Waals surface area contributed by atoms with Gasteiger partial charge in [0.15, 0.2) is 17.4 Å². The molecular weight excluding hydrogens is 197 g/mol. The van der Waals surface area contributed by atoms with Crippen LogP contribution in [0.1, 0.15) is 0 Å². The zero-order valence-electron chi connectivity index (χ0n) is 8.44. The fourth-order valence-electron chi connectivity index (χ4n) is 1.35. The van der Waals surface area contributed by atoms with Gasteiger partial charge in [-0.25, -0.2) is 4.39 Å². The average molecular weight is 207 g/mol. The van der Waals surface area contributed by atoms with Crippen LogP contribution in [0.4, 0.5) is 4.39 Å². The molecule has 0 amide bonds. The number of hydrogen-bond donors (Lipinski definition) is 0. The molecule has 2 rings (SSSR count). The van der Waals surface area contributed by atoms with Crippen molar-refractivity contribution in [3.05, 3.63) is 30.3 Å². The van der Waals surface area contributed by atoms with Gasteiger partial charge in [-0.3, -0.25) is 0 Å². The zero-order chi connectivity index (χ0) is 10.8. The molecule has 0 unspecified atom stereocenters. The Balaban J connectivity index is 2.47. The van der Waals surface area contributed by atoms with E-state index < -0.39 is 5.82 Å². The Hall–Kier alpha value is -1.91. The molecule has 2 aromatic rings. The van der Waals surface area contributed by atoms with Gasteiger partial charge in [-0.2, -0.15) is 0 Å². The van der Waals surface area contributed by atoms with E-state index in [1.807, 2.05) is 0 Å². The second kappa shape index (κ2) is 3.68. The quantitative estimate of drug-likeness (QED) is 0.751. The van der Waals surface area contributed by atoms with Crippen LogP contribution in [0.2, 0.25) is 0 Å². The minimum Gasteiger partial charge on any atom is -0.494 e. The van der Waals surface area contributed by atoms with E-state index in [9.17, 15) is 4.39 Å². The van der Waals surface area contributed by atoms with Crippen LogP contribution in [0.15, 0.2) is 24.5 Å². The highest BCUT2D eigenvalue weighted by Gasteiger charge is 2.08. The third-order valence-corrected chi connectivity index (χ3v) is 2.12. The van der Waals surface area contributed by atoms with E-state index in [1.54, 1.807) is 30.1 Å². The van der Waals surface area contributed by atoms with Crippen molar-refractivity contribution in [1.82, 2.24) is 14.8 Å². The second-order valence-corrected chi connectivity index (χ2v) is 3.11. The first-order valence-corrected chi connectivity index (χ1v) is 4.40. The Morgan fingerprint density at radius 3 is 2.73 bits per heavy atom. The summed E-state index contributed by atoms with van der Waals surface area (Å²) in [6.07, 6.45) is 1.57. The van der Waals surface area contributed by atoms with Crippen molar-refractivity contribution in [2.75, 3.05) is 7.11 Å². The van der Waals surface area contributed by atoms with Crippen molar-refractivity contribution >= 4 is 0 Å². The molecule has 1 heterocycles. The molecule has 0 N–H and O–H groups in total. The molecule has 0 spiro atoms. The van der Waals surface area contributed by atoms with Crippen molar-refractivity contribution in [1.29, 1.82) is 0 Å². The Labute approximate surface area is 86.3 Å². The van der Waals surface area contributed by atoms with Gasteiger partial charge in [0.1, 0.15) is 6.33 Å². The van der Waals surface area contributed by atoms with Gasteiger partial charge in [0, 0.05) is 12.6 Å². The lowest BCUT2D eigenvalue weighted by Gasteiger charge is -2.04. The molecular formula is C10H10FN3O. The van der Waals surface area contributed by atoms with Crippen LogP contribution in [-0.2, 0) is 7.05 Å². The molecule has 4 nitrogen and oxygen atoms in total. The van der Waals surface area contributed by atoms with Crippen molar-refractivity contribution < 1.29 is 9.13 Å². The van der Waals surface area contributed by atoms with Crippen LogP contribution < -0.4 is 4.74 Å². The van der Waals surface area contributed by atoms with Crippen LogP contribution in [0, 0.1) is 5.82 Å². The van der Waals surface area contributed by atoms with Gasteiger partial charge in [0.2, 0.25) is 0 Å². The van der Waals surface area contributed by atoms with Crippen LogP contribution in [0.25, 0.3) is 11.4 Å². The van der Waals surface area contributed by atoms with Crippen LogP contribution in [-0.4, -0.2) is 21.9 Å². The first-order chi connectivity index (χ1) is 7.22. The van der Waals surface area contributed by atoms with E-state index in [-0.39, 0.29) is 5.75 Å². The van der Waals surface area contributed by atoms with E-state index in [2.05, 4.69) is 10.2 Å². The monoisotopic (exact) mass is 207 g/mol. The SMILES string of the molecule is COc1ccc(-c2nncn2C)cc1F. The van der Waals surface area contributed by atoms with Crippen LogP contribution >= 0.6 is 0 Å². The third-order valence-electron chi connectivity index (χ3n) is 2.12. The summed E-state index contributed by atoms with van der Waals surface area (Å²) < 4.78 is 19.9. The van der Waals surface area contributed by atoms with Gasteiger partial charge in [-0.1, -0.05) is 0 Å². The predicted octanol–water partition coefficient (Wildman–Crippen LogP) is 1.63. The number of halogens is 1. The van der Waals surface area contributed by atoms with Gasteiger partial charge in [0.25, 0.3) is 0 Å². The van der Waals surface area contributed by atoms with E-state index in [4.69, 9.17) is 4.74 Å². The minimum atomic E-state index is -0.405. The normalized spacial score (nSPS) is 10.3.